The van der Waals surface area contributed by atoms with E-state index in [4.69, 9.17) is 0 Å². The maximum absolute atomic E-state index is 10.9. The second-order valence-corrected chi connectivity index (χ2v) is 7.87. The van der Waals surface area contributed by atoms with Gasteiger partial charge in [0, 0.05) is 19.3 Å². The van der Waals surface area contributed by atoms with Gasteiger partial charge in [-0.05, 0) is 42.8 Å². The Bertz CT molecular complexity index is 884. The van der Waals surface area contributed by atoms with Gasteiger partial charge in [-0.1, -0.05) is 13.0 Å². The van der Waals surface area contributed by atoms with Crippen LogP contribution in [0.4, 0.5) is 5.95 Å². The molecule has 26 heavy (non-hydrogen) atoms. The highest BCUT2D eigenvalue weighted by Crippen LogP contribution is 2.32. The van der Waals surface area contributed by atoms with Crippen molar-refractivity contribution in [3.05, 3.63) is 47.2 Å². The Hall–Kier alpha value is -2.09. The molecule has 0 aromatic carbocycles. The minimum Gasteiger partial charge on any atom is -0.372 e. The van der Waals surface area contributed by atoms with Crippen molar-refractivity contribution in [3.63, 3.8) is 0 Å². The SMILES string of the molecule is C[C@@H]1CCN(C(O)c2nc(N[C@@H](C)c3ccccn3)nc3ccsc23)C1. The summed E-state index contributed by atoms with van der Waals surface area (Å²) in [5.74, 6) is 1.13. The minimum atomic E-state index is -0.699. The number of nitrogens with one attached hydrogen (secondary N) is 1. The van der Waals surface area contributed by atoms with Crippen molar-refractivity contribution < 1.29 is 5.11 Å². The van der Waals surface area contributed by atoms with E-state index in [0.29, 0.717) is 17.6 Å². The Morgan fingerprint density at radius 3 is 2.92 bits per heavy atom. The van der Waals surface area contributed by atoms with Crippen LogP contribution in [0.5, 0.6) is 0 Å². The van der Waals surface area contributed by atoms with Crippen LogP contribution < -0.4 is 5.32 Å². The quantitative estimate of drug-likeness (QED) is 0.716. The third-order valence-electron chi connectivity index (χ3n) is 4.85. The molecule has 7 heteroatoms. The maximum Gasteiger partial charge on any atom is 0.224 e. The largest absolute Gasteiger partial charge is 0.372 e. The van der Waals surface area contributed by atoms with Gasteiger partial charge in [-0.15, -0.1) is 11.3 Å². The molecule has 0 saturated carbocycles. The summed E-state index contributed by atoms with van der Waals surface area (Å²) in [5.41, 5.74) is 2.48. The molecule has 6 nitrogen and oxygen atoms in total. The van der Waals surface area contributed by atoms with Gasteiger partial charge in [0.2, 0.25) is 5.95 Å². The molecule has 1 saturated heterocycles. The van der Waals surface area contributed by atoms with Gasteiger partial charge < -0.3 is 10.4 Å². The van der Waals surface area contributed by atoms with E-state index in [1.807, 2.05) is 36.6 Å². The fourth-order valence-electron chi connectivity index (χ4n) is 3.39. The number of nitrogens with zero attached hydrogens (tertiary/aromatic N) is 4. The molecular weight excluding hydrogens is 346 g/mol. The first-order chi connectivity index (χ1) is 12.6. The summed E-state index contributed by atoms with van der Waals surface area (Å²) < 4.78 is 0.952. The van der Waals surface area contributed by atoms with Crippen molar-refractivity contribution in [2.75, 3.05) is 18.4 Å². The summed E-state index contributed by atoms with van der Waals surface area (Å²) in [7, 11) is 0. The van der Waals surface area contributed by atoms with Gasteiger partial charge in [0.1, 0.15) is 5.69 Å². The second kappa shape index (κ2) is 7.26. The van der Waals surface area contributed by atoms with Crippen molar-refractivity contribution >= 4 is 27.5 Å². The number of anilines is 1. The fourth-order valence-corrected chi connectivity index (χ4v) is 4.23. The number of rotatable bonds is 5. The minimum absolute atomic E-state index is 0.0240. The predicted octanol–water partition coefficient (Wildman–Crippen LogP) is 3.59. The number of hydrogen-bond donors (Lipinski definition) is 2. The van der Waals surface area contributed by atoms with E-state index in [0.717, 1.165) is 35.4 Å². The molecule has 4 heterocycles. The van der Waals surface area contributed by atoms with E-state index in [1.54, 1.807) is 17.5 Å². The third-order valence-corrected chi connectivity index (χ3v) is 5.78. The molecule has 1 aliphatic heterocycles. The zero-order valence-electron chi connectivity index (χ0n) is 15.0. The van der Waals surface area contributed by atoms with Crippen LogP contribution in [0.1, 0.15) is 43.9 Å². The van der Waals surface area contributed by atoms with Crippen molar-refractivity contribution in [3.8, 4) is 0 Å². The normalized spacial score (nSPS) is 20.3. The van der Waals surface area contributed by atoms with Gasteiger partial charge in [-0.3, -0.25) is 9.88 Å². The lowest BCUT2D eigenvalue weighted by Gasteiger charge is -2.23. The van der Waals surface area contributed by atoms with Crippen LogP contribution >= 0.6 is 11.3 Å². The van der Waals surface area contributed by atoms with Crippen LogP contribution in [0.2, 0.25) is 0 Å². The van der Waals surface area contributed by atoms with E-state index >= 15 is 0 Å². The van der Waals surface area contributed by atoms with Crippen molar-refractivity contribution in [2.24, 2.45) is 5.92 Å². The highest BCUT2D eigenvalue weighted by atomic mass is 32.1. The Labute approximate surface area is 156 Å². The Morgan fingerprint density at radius 1 is 1.31 bits per heavy atom. The summed E-state index contributed by atoms with van der Waals surface area (Å²) in [6.45, 7) is 6.04. The van der Waals surface area contributed by atoms with Crippen molar-refractivity contribution in [1.29, 1.82) is 0 Å². The molecule has 1 fully saturated rings. The Kier molecular flexibility index (Phi) is 4.84. The number of fused-ring (bicyclic) bond motifs is 1. The highest BCUT2D eigenvalue weighted by Gasteiger charge is 2.28. The number of aliphatic hydroxyl groups is 1. The summed E-state index contributed by atoms with van der Waals surface area (Å²) in [6, 6.07) is 7.79. The number of pyridine rings is 1. The molecule has 2 N–H and O–H groups in total. The molecule has 0 spiro atoms. The second-order valence-electron chi connectivity index (χ2n) is 6.95. The van der Waals surface area contributed by atoms with E-state index in [1.165, 1.54) is 0 Å². The van der Waals surface area contributed by atoms with Crippen LogP contribution in [0.15, 0.2) is 35.8 Å². The van der Waals surface area contributed by atoms with Gasteiger partial charge in [0.05, 0.1) is 22.0 Å². The lowest BCUT2D eigenvalue weighted by atomic mass is 10.2. The molecule has 1 aliphatic rings. The number of likely N-dealkylation sites (tertiary alicyclic amines) is 1. The van der Waals surface area contributed by atoms with E-state index in [-0.39, 0.29) is 6.04 Å². The van der Waals surface area contributed by atoms with Gasteiger partial charge in [0.15, 0.2) is 6.23 Å². The highest BCUT2D eigenvalue weighted by molar-refractivity contribution is 7.17. The molecule has 0 aliphatic carbocycles. The van der Waals surface area contributed by atoms with Crippen LogP contribution in [0, 0.1) is 5.92 Å². The first-order valence-corrected chi connectivity index (χ1v) is 9.84. The average molecular weight is 369 g/mol. The molecule has 3 atom stereocenters. The van der Waals surface area contributed by atoms with Crippen LogP contribution in [0.3, 0.4) is 0 Å². The standard InChI is InChI=1S/C19H23N5OS/c1-12-6-9-24(11-12)18(25)16-17-15(7-10-26-17)22-19(23-16)21-13(2)14-5-3-4-8-20-14/h3-5,7-8,10,12-13,18,25H,6,9,11H2,1-2H3,(H,21,22,23)/t12-,13+,18?/m1/s1. The van der Waals surface area contributed by atoms with Gasteiger partial charge in [-0.25, -0.2) is 9.97 Å². The summed E-state index contributed by atoms with van der Waals surface area (Å²) in [4.78, 5) is 15.8. The molecule has 3 aromatic rings. The van der Waals surface area contributed by atoms with E-state index in [2.05, 4.69) is 32.1 Å². The molecule has 4 rings (SSSR count). The van der Waals surface area contributed by atoms with E-state index < -0.39 is 6.23 Å². The summed E-state index contributed by atoms with van der Waals surface area (Å²) >= 11 is 1.57. The average Bonchev–Trinajstić information content (AvgIpc) is 3.30. The predicted molar refractivity (Wildman–Crippen MR) is 104 cm³/mol. The molecule has 0 bridgehead atoms. The topological polar surface area (TPSA) is 74.2 Å². The molecular formula is C19H23N5OS. The molecule has 0 radical (unpaired) electrons. The fraction of sp³-hybridized carbons (Fsp3) is 0.421. The van der Waals surface area contributed by atoms with Crippen LogP contribution in [0.25, 0.3) is 10.2 Å². The number of hydrogen-bond acceptors (Lipinski definition) is 7. The zero-order valence-corrected chi connectivity index (χ0v) is 15.8. The zero-order chi connectivity index (χ0) is 18.1. The molecule has 1 unspecified atom stereocenters. The van der Waals surface area contributed by atoms with Crippen LogP contribution in [-0.2, 0) is 0 Å². The lowest BCUT2D eigenvalue weighted by Crippen LogP contribution is -2.27. The van der Waals surface area contributed by atoms with Crippen molar-refractivity contribution in [1.82, 2.24) is 19.9 Å². The first kappa shape index (κ1) is 17.3. The number of aromatic nitrogens is 3. The first-order valence-electron chi connectivity index (χ1n) is 8.96. The molecule has 3 aromatic heterocycles. The smallest absolute Gasteiger partial charge is 0.224 e. The lowest BCUT2D eigenvalue weighted by molar-refractivity contribution is 0.0148. The maximum atomic E-state index is 10.9. The van der Waals surface area contributed by atoms with Gasteiger partial charge >= 0.3 is 0 Å². The van der Waals surface area contributed by atoms with Gasteiger partial charge in [-0.2, -0.15) is 0 Å². The number of thiophene rings is 1. The van der Waals surface area contributed by atoms with Crippen molar-refractivity contribution in [2.45, 2.75) is 32.5 Å². The molecule has 0 amide bonds. The van der Waals surface area contributed by atoms with Gasteiger partial charge in [0.25, 0.3) is 0 Å². The Balaban J connectivity index is 1.64. The Morgan fingerprint density at radius 2 is 2.19 bits per heavy atom. The third kappa shape index (κ3) is 3.42. The molecule has 136 valence electrons. The monoisotopic (exact) mass is 369 g/mol. The summed E-state index contributed by atoms with van der Waals surface area (Å²) in [6.07, 6.45) is 2.19. The summed E-state index contributed by atoms with van der Waals surface area (Å²) in [5, 5.41) is 16.3. The van der Waals surface area contributed by atoms with Crippen LogP contribution in [-0.4, -0.2) is 38.0 Å². The number of aliphatic hydroxyl groups excluding tert-OH is 1. The van der Waals surface area contributed by atoms with E-state index in [9.17, 15) is 5.11 Å².